The fourth-order valence-corrected chi connectivity index (χ4v) is 0.856. The van der Waals surface area contributed by atoms with E-state index in [2.05, 4.69) is 10.9 Å². The van der Waals surface area contributed by atoms with Crippen molar-refractivity contribution in [2.75, 3.05) is 0 Å². The Bertz CT molecular complexity index is 407. The average molecular weight is 240 g/mol. The molecule has 1 aromatic carbocycles. The van der Waals surface area contributed by atoms with Crippen LogP contribution >= 0.6 is 0 Å². The van der Waals surface area contributed by atoms with Gasteiger partial charge in [-0.3, -0.25) is 0 Å². The lowest BCUT2D eigenvalue weighted by atomic mass is 10.1. The summed E-state index contributed by atoms with van der Waals surface area (Å²) in [6.07, 6.45) is 0. The molecule has 0 unspecified atom stereocenters. The molecule has 0 bridgehead atoms. The van der Waals surface area contributed by atoms with Crippen LogP contribution in [0.3, 0.4) is 0 Å². The summed E-state index contributed by atoms with van der Waals surface area (Å²) >= 11 is 0. The van der Waals surface area contributed by atoms with Crippen molar-refractivity contribution >= 4 is 17.9 Å². The van der Waals surface area contributed by atoms with Crippen LogP contribution < -0.4 is 17.3 Å². The number of aromatic carboxylic acids is 2. The minimum absolute atomic E-state index is 0.0926. The first-order valence-corrected chi connectivity index (χ1v) is 4.24. The van der Waals surface area contributed by atoms with Gasteiger partial charge in [-0.15, -0.1) is 5.10 Å². The zero-order valence-corrected chi connectivity index (χ0v) is 8.70. The van der Waals surface area contributed by atoms with E-state index in [1.807, 2.05) is 0 Å². The van der Waals surface area contributed by atoms with Crippen molar-refractivity contribution in [3.63, 3.8) is 0 Å². The molecule has 0 aromatic heterocycles. The summed E-state index contributed by atoms with van der Waals surface area (Å²) in [7, 11) is 0. The Morgan fingerprint density at radius 2 is 1.29 bits per heavy atom. The number of carboxylic acid groups (broad SMARTS) is 2. The lowest BCUT2D eigenvalue weighted by Crippen LogP contribution is -2.23. The number of benzene rings is 1. The normalized spacial score (nSPS) is 8.47. The van der Waals surface area contributed by atoms with Gasteiger partial charge in [0.2, 0.25) is 5.96 Å². The van der Waals surface area contributed by atoms with Crippen LogP contribution in [0.15, 0.2) is 29.4 Å². The van der Waals surface area contributed by atoms with E-state index in [1.165, 1.54) is 24.3 Å². The first-order chi connectivity index (χ1) is 7.90. The lowest BCUT2D eigenvalue weighted by Gasteiger charge is -1.98. The predicted octanol–water partition coefficient (Wildman–Crippen LogP) is -0.783. The standard InChI is InChI=1S/C8H6O4.CH6N4/c9-7(10)5-3-1-2-4-6(5)8(11)12;2-1(3)5-4/h1-4H,(H,9,10)(H,11,12);4H2,(H4,2,3,5). The van der Waals surface area contributed by atoms with Gasteiger partial charge in [0.15, 0.2) is 0 Å². The summed E-state index contributed by atoms with van der Waals surface area (Å²) in [5, 5.41) is 20.0. The largest absolute Gasteiger partial charge is 0.478 e. The van der Waals surface area contributed by atoms with Gasteiger partial charge >= 0.3 is 11.9 Å². The maximum atomic E-state index is 10.5. The number of hydrogen-bond donors (Lipinski definition) is 5. The molecule has 8 nitrogen and oxygen atoms in total. The topological polar surface area (TPSA) is 165 Å². The highest BCUT2D eigenvalue weighted by Gasteiger charge is 2.13. The first kappa shape index (κ1) is 14.2. The highest BCUT2D eigenvalue weighted by molar-refractivity contribution is 6.01. The molecule has 0 heterocycles. The summed E-state index contributed by atoms with van der Waals surface area (Å²) in [4.78, 5) is 20.9. The Balaban J connectivity index is 0.000000437. The molecule has 0 amide bonds. The van der Waals surface area contributed by atoms with Gasteiger partial charge in [0.05, 0.1) is 11.1 Å². The minimum Gasteiger partial charge on any atom is -0.478 e. The van der Waals surface area contributed by atoms with Gasteiger partial charge in [-0.2, -0.15) is 0 Å². The van der Waals surface area contributed by atoms with Gasteiger partial charge in [0.1, 0.15) is 0 Å². The molecular formula is C9H12N4O4. The molecule has 8 heteroatoms. The quantitative estimate of drug-likeness (QED) is 0.195. The maximum absolute atomic E-state index is 10.5. The molecule has 0 aliphatic carbocycles. The molecule has 0 saturated heterocycles. The van der Waals surface area contributed by atoms with E-state index in [-0.39, 0.29) is 17.1 Å². The molecule has 0 radical (unpaired) electrons. The Hall–Kier alpha value is -2.77. The molecule has 92 valence electrons. The molecule has 0 aliphatic rings. The van der Waals surface area contributed by atoms with Gasteiger partial charge < -0.3 is 27.5 Å². The van der Waals surface area contributed by atoms with Gasteiger partial charge in [-0.05, 0) is 12.1 Å². The number of rotatable bonds is 2. The van der Waals surface area contributed by atoms with Crippen molar-refractivity contribution in [3.05, 3.63) is 35.4 Å². The second-order valence-corrected chi connectivity index (χ2v) is 2.71. The molecule has 0 saturated carbocycles. The molecule has 0 atom stereocenters. The van der Waals surface area contributed by atoms with Crippen LogP contribution in [0.5, 0.6) is 0 Å². The van der Waals surface area contributed by atoms with Crippen LogP contribution in [0, 0.1) is 0 Å². The van der Waals surface area contributed by atoms with Crippen molar-refractivity contribution in [2.24, 2.45) is 22.4 Å². The molecule has 0 aliphatic heterocycles. The van der Waals surface area contributed by atoms with Gasteiger partial charge in [0.25, 0.3) is 0 Å². The molecular weight excluding hydrogens is 228 g/mol. The van der Waals surface area contributed by atoms with Gasteiger partial charge in [-0.1, -0.05) is 12.1 Å². The second-order valence-electron chi connectivity index (χ2n) is 2.71. The first-order valence-electron chi connectivity index (χ1n) is 4.24. The number of hydrogen-bond acceptors (Lipinski definition) is 4. The number of carbonyl (C=O) groups is 2. The summed E-state index contributed by atoms with van der Waals surface area (Å²) in [6, 6.07) is 5.48. The van der Waals surface area contributed by atoms with E-state index in [0.717, 1.165) is 0 Å². The predicted molar refractivity (Wildman–Crippen MR) is 60.4 cm³/mol. The van der Waals surface area contributed by atoms with E-state index >= 15 is 0 Å². The van der Waals surface area contributed by atoms with Crippen LogP contribution in [0.4, 0.5) is 0 Å². The molecule has 0 fully saturated rings. The average Bonchev–Trinajstić information content (AvgIpc) is 2.29. The Kier molecular flexibility index (Phi) is 5.58. The third-order valence-corrected chi connectivity index (χ3v) is 1.54. The summed E-state index contributed by atoms with van der Waals surface area (Å²) < 4.78 is 0. The zero-order valence-electron chi connectivity index (χ0n) is 8.70. The monoisotopic (exact) mass is 240 g/mol. The Morgan fingerprint density at radius 3 is 1.47 bits per heavy atom. The van der Waals surface area contributed by atoms with Gasteiger partial charge in [-0.25, -0.2) is 9.59 Å². The lowest BCUT2D eigenvalue weighted by molar-refractivity contribution is 0.0651. The summed E-state index contributed by atoms with van der Waals surface area (Å²) in [5.74, 6) is 1.96. The number of carboxylic acids is 2. The summed E-state index contributed by atoms with van der Waals surface area (Å²) in [5.41, 5.74) is 9.01. The smallest absolute Gasteiger partial charge is 0.336 e. The summed E-state index contributed by atoms with van der Waals surface area (Å²) in [6.45, 7) is 0. The van der Waals surface area contributed by atoms with Crippen LogP contribution in [0.1, 0.15) is 20.7 Å². The van der Waals surface area contributed by atoms with E-state index in [1.54, 1.807) is 0 Å². The minimum atomic E-state index is -1.23. The SMILES string of the molecule is NN=C(N)N.O=C(O)c1ccccc1C(=O)O. The maximum Gasteiger partial charge on any atom is 0.336 e. The van der Waals surface area contributed by atoms with E-state index in [0.29, 0.717) is 0 Å². The van der Waals surface area contributed by atoms with Crippen molar-refractivity contribution < 1.29 is 19.8 Å². The fourth-order valence-electron chi connectivity index (χ4n) is 0.856. The van der Waals surface area contributed by atoms with Crippen LogP contribution in [0.2, 0.25) is 0 Å². The highest BCUT2D eigenvalue weighted by Crippen LogP contribution is 2.07. The van der Waals surface area contributed by atoms with Crippen LogP contribution in [-0.4, -0.2) is 28.1 Å². The molecule has 1 rings (SSSR count). The third-order valence-electron chi connectivity index (χ3n) is 1.54. The number of hydrazone groups is 1. The number of nitrogens with two attached hydrogens (primary N) is 3. The van der Waals surface area contributed by atoms with Crippen molar-refractivity contribution in [3.8, 4) is 0 Å². The molecule has 17 heavy (non-hydrogen) atoms. The van der Waals surface area contributed by atoms with Crippen molar-refractivity contribution in [1.29, 1.82) is 0 Å². The van der Waals surface area contributed by atoms with E-state index in [9.17, 15) is 9.59 Å². The zero-order chi connectivity index (χ0) is 13.4. The number of nitrogens with zero attached hydrogens (tertiary/aromatic N) is 1. The van der Waals surface area contributed by atoms with Gasteiger partial charge in [0, 0.05) is 0 Å². The third kappa shape index (κ3) is 5.02. The van der Waals surface area contributed by atoms with E-state index < -0.39 is 11.9 Å². The molecule has 8 N–H and O–H groups in total. The highest BCUT2D eigenvalue weighted by atomic mass is 16.4. The van der Waals surface area contributed by atoms with Crippen molar-refractivity contribution in [2.45, 2.75) is 0 Å². The molecule has 1 aromatic rings. The van der Waals surface area contributed by atoms with Crippen LogP contribution in [-0.2, 0) is 0 Å². The van der Waals surface area contributed by atoms with E-state index in [4.69, 9.17) is 21.7 Å². The number of guanidine groups is 1. The van der Waals surface area contributed by atoms with Crippen LogP contribution in [0.25, 0.3) is 0 Å². The Labute approximate surface area is 96.3 Å². The van der Waals surface area contributed by atoms with Crippen molar-refractivity contribution in [1.82, 2.24) is 0 Å². The Morgan fingerprint density at radius 1 is 1.00 bits per heavy atom. The second kappa shape index (κ2) is 6.67. The fraction of sp³-hybridized carbons (Fsp3) is 0. The molecule has 0 spiro atoms.